The molecule has 0 spiro atoms. The zero-order valence-corrected chi connectivity index (χ0v) is 12.2. The fourth-order valence-electron chi connectivity index (χ4n) is 2.79. The third kappa shape index (κ3) is 2.35. The molecule has 0 saturated carbocycles. The second-order valence-corrected chi connectivity index (χ2v) is 5.41. The minimum Gasteiger partial charge on any atom is -0.292 e. The molecule has 5 heteroatoms. The van der Waals surface area contributed by atoms with Gasteiger partial charge in [-0.3, -0.25) is 4.84 Å². The summed E-state index contributed by atoms with van der Waals surface area (Å²) in [5, 5.41) is 8.28. The van der Waals surface area contributed by atoms with Crippen molar-refractivity contribution in [2.45, 2.75) is 12.8 Å². The number of aromatic nitrogens is 3. The summed E-state index contributed by atoms with van der Waals surface area (Å²) >= 11 is 0. The molecule has 0 aliphatic carbocycles. The number of benzene rings is 2. The van der Waals surface area contributed by atoms with E-state index in [1.807, 2.05) is 42.5 Å². The van der Waals surface area contributed by atoms with Crippen molar-refractivity contribution in [1.29, 1.82) is 0 Å². The molecule has 2 aromatic carbocycles. The molecule has 2 heterocycles. The van der Waals surface area contributed by atoms with Crippen LogP contribution in [0.15, 0.2) is 54.6 Å². The zero-order chi connectivity index (χ0) is 14.8. The summed E-state index contributed by atoms with van der Waals surface area (Å²) in [7, 11) is 0. The van der Waals surface area contributed by atoms with E-state index in [1.165, 1.54) is 17.7 Å². The first-order valence-corrected chi connectivity index (χ1v) is 7.58. The van der Waals surface area contributed by atoms with Crippen molar-refractivity contribution in [2.24, 2.45) is 0 Å². The molecule has 110 valence electrons. The quantitative estimate of drug-likeness (QED) is 0.537. The van der Waals surface area contributed by atoms with Gasteiger partial charge in [-0.2, -0.15) is 4.58 Å². The van der Waals surface area contributed by atoms with E-state index in [-0.39, 0.29) is 0 Å². The van der Waals surface area contributed by atoms with Gasteiger partial charge >= 0.3 is 5.90 Å². The van der Waals surface area contributed by atoms with Gasteiger partial charge in [0.2, 0.25) is 0 Å². The molecule has 1 aliphatic rings. The molecule has 0 N–H and O–H groups in total. The number of para-hydroxylation sites is 1. The lowest BCUT2D eigenvalue weighted by Gasteiger charge is -2.07. The molecule has 3 aromatic rings. The highest BCUT2D eigenvalue weighted by molar-refractivity contribution is 5.90. The van der Waals surface area contributed by atoms with Gasteiger partial charge in [-0.05, 0) is 29.5 Å². The zero-order valence-electron chi connectivity index (χ0n) is 12.2. The Labute approximate surface area is 128 Å². The first kappa shape index (κ1) is 13.0. The summed E-state index contributed by atoms with van der Waals surface area (Å²) < 4.78 is 2.27. The largest absolute Gasteiger partial charge is 0.396 e. The first-order chi connectivity index (χ1) is 10.9. The summed E-state index contributed by atoms with van der Waals surface area (Å²) in [4.78, 5) is 7.63. The monoisotopic (exact) mass is 293 g/mol. The molecule has 1 fully saturated rings. The van der Waals surface area contributed by atoms with Crippen LogP contribution in [0.5, 0.6) is 0 Å². The molecule has 4 rings (SSSR count). The van der Waals surface area contributed by atoms with Crippen LogP contribution >= 0.6 is 0 Å². The maximum absolute atomic E-state index is 6.12. The van der Waals surface area contributed by atoms with E-state index in [9.17, 15) is 0 Å². The number of hydrogen-bond donors (Lipinski definition) is 0. The van der Waals surface area contributed by atoms with E-state index in [0.717, 1.165) is 35.6 Å². The van der Waals surface area contributed by atoms with E-state index < -0.39 is 0 Å². The van der Waals surface area contributed by atoms with E-state index in [2.05, 4.69) is 27.0 Å². The number of nitrogens with zero attached hydrogens (tertiary/aromatic N) is 4. The van der Waals surface area contributed by atoms with Gasteiger partial charge in [0.1, 0.15) is 24.1 Å². The van der Waals surface area contributed by atoms with Crippen LogP contribution in [0, 0.1) is 0 Å². The van der Waals surface area contributed by atoms with Gasteiger partial charge in [-0.1, -0.05) is 35.2 Å². The normalized spacial score (nSPS) is 14.5. The van der Waals surface area contributed by atoms with Crippen molar-refractivity contribution in [3.05, 3.63) is 60.2 Å². The van der Waals surface area contributed by atoms with Crippen LogP contribution in [-0.2, 0) is 0 Å². The Hall–Kier alpha value is -2.69. The van der Waals surface area contributed by atoms with Gasteiger partial charge in [-0.15, -0.1) is 5.10 Å². The average Bonchev–Trinajstić information content (AvgIpc) is 3.23. The standard InChI is InChI=1S/C17H17N4O/c1-2-8-14(9-3-1)17(20-12-6-7-13-20)22-21-16-11-5-4-10-15(16)18-19-21/h1-5,8-11H,6-7,12-13H2/q+1. The highest BCUT2D eigenvalue weighted by atomic mass is 16.7. The Kier molecular flexibility index (Phi) is 3.31. The molecule has 0 unspecified atom stereocenters. The van der Waals surface area contributed by atoms with E-state index in [4.69, 9.17) is 4.84 Å². The van der Waals surface area contributed by atoms with Crippen LogP contribution in [0.4, 0.5) is 0 Å². The van der Waals surface area contributed by atoms with E-state index in [0.29, 0.717) is 0 Å². The van der Waals surface area contributed by atoms with Crippen molar-refractivity contribution in [2.75, 3.05) is 13.1 Å². The Balaban J connectivity index is 1.78. The predicted octanol–water partition coefficient (Wildman–Crippen LogP) is 2.11. The molecule has 5 nitrogen and oxygen atoms in total. The number of rotatable bonds is 2. The lowest BCUT2D eigenvalue weighted by atomic mass is 10.2. The van der Waals surface area contributed by atoms with E-state index in [1.54, 1.807) is 0 Å². The minimum absolute atomic E-state index is 0.830. The Morgan fingerprint density at radius 2 is 1.68 bits per heavy atom. The van der Waals surface area contributed by atoms with Crippen LogP contribution in [0.3, 0.4) is 0 Å². The predicted molar refractivity (Wildman–Crippen MR) is 83.9 cm³/mol. The van der Waals surface area contributed by atoms with Gasteiger partial charge in [0.25, 0.3) is 0 Å². The van der Waals surface area contributed by atoms with Gasteiger partial charge in [0, 0.05) is 12.8 Å². The molecule has 0 bridgehead atoms. The third-order valence-corrected chi connectivity index (χ3v) is 3.91. The number of hydrogen-bond acceptors (Lipinski definition) is 3. The second kappa shape index (κ2) is 5.60. The summed E-state index contributed by atoms with van der Waals surface area (Å²) in [6, 6.07) is 18.0. The van der Waals surface area contributed by atoms with Crippen molar-refractivity contribution >= 4 is 16.9 Å². The molecular formula is C17H17N4O+. The summed E-state index contributed by atoms with van der Waals surface area (Å²) in [6.45, 7) is 2.02. The SMILES string of the molecule is c1ccc(C(On2nnc3ccccc32)=[N+]2CCCC2)cc1. The lowest BCUT2D eigenvalue weighted by molar-refractivity contribution is -0.514. The summed E-state index contributed by atoms with van der Waals surface area (Å²) in [5.74, 6) is 0.841. The van der Waals surface area contributed by atoms with Gasteiger partial charge in [0.15, 0.2) is 0 Å². The maximum Gasteiger partial charge on any atom is 0.396 e. The van der Waals surface area contributed by atoms with Gasteiger partial charge < -0.3 is 0 Å². The topological polar surface area (TPSA) is 42.9 Å². The summed E-state index contributed by atoms with van der Waals surface area (Å²) in [6.07, 6.45) is 2.38. The highest BCUT2D eigenvalue weighted by Gasteiger charge is 2.25. The Morgan fingerprint density at radius 1 is 0.955 bits per heavy atom. The fourth-order valence-corrected chi connectivity index (χ4v) is 2.79. The first-order valence-electron chi connectivity index (χ1n) is 7.58. The van der Waals surface area contributed by atoms with Crippen molar-refractivity contribution < 1.29 is 9.41 Å². The lowest BCUT2D eigenvalue weighted by Crippen LogP contribution is -2.31. The van der Waals surface area contributed by atoms with Crippen LogP contribution in [0.1, 0.15) is 18.4 Å². The molecule has 0 radical (unpaired) electrons. The van der Waals surface area contributed by atoms with Crippen LogP contribution in [-0.4, -0.2) is 38.7 Å². The Morgan fingerprint density at radius 3 is 2.50 bits per heavy atom. The van der Waals surface area contributed by atoms with Crippen LogP contribution in [0.2, 0.25) is 0 Å². The van der Waals surface area contributed by atoms with Gasteiger partial charge in [0.05, 0.1) is 5.56 Å². The van der Waals surface area contributed by atoms with E-state index >= 15 is 0 Å². The van der Waals surface area contributed by atoms with Crippen molar-refractivity contribution in [3.8, 4) is 0 Å². The average molecular weight is 293 g/mol. The van der Waals surface area contributed by atoms with Gasteiger partial charge in [-0.25, -0.2) is 0 Å². The van der Waals surface area contributed by atoms with Crippen LogP contribution < -0.4 is 4.84 Å². The molecule has 22 heavy (non-hydrogen) atoms. The third-order valence-electron chi connectivity index (χ3n) is 3.91. The van der Waals surface area contributed by atoms with Crippen LogP contribution in [0.25, 0.3) is 11.0 Å². The summed E-state index contributed by atoms with van der Waals surface area (Å²) in [5.41, 5.74) is 2.76. The minimum atomic E-state index is 0.830. The number of fused-ring (bicyclic) bond motifs is 1. The molecule has 0 amide bonds. The fraction of sp³-hybridized carbons (Fsp3) is 0.235. The molecule has 1 saturated heterocycles. The van der Waals surface area contributed by atoms with Crippen molar-refractivity contribution in [1.82, 2.24) is 15.2 Å². The molecular weight excluding hydrogens is 276 g/mol. The second-order valence-electron chi connectivity index (χ2n) is 5.41. The van der Waals surface area contributed by atoms with Crippen molar-refractivity contribution in [3.63, 3.8) is 0 Å². The molecule has 1 aromatic heterocycles. The Bertz CT molecular complexity index is 815. The maximum atomic E-state index is 6.12. The smallest absolute Gasteiger partial charge is 0.292 e. The molecule has 1 aliphatic heterocycles. The molecule has 0 atom stereocenters. The highest BCUT2D eigenvalue weighted by Crippen LogP contribution is 2.11.